The molecular weight excluding hydrogens is 414 g/mol. The van der Waals surface area contributed by atoms with Gasteiger partial charge < -0.3 is 24.1 Å². The van der Waals surface area contributed by atoms with Crippen molar-refractivity contribution in [1.82, 2.24) is 4.90 Å². The second kappa shape index (κ2) is 9.18. The fourth-order valence-electron chi connectivity index (χ4n) is 4.69. The normalized spacial score (nSPS) is 23.2. The third-order valence-electron chi connectivity index (χ3n) is 6.08. The van der Waals surface area contributed by atoms with E-state index in [-0.39, 0.29) is 18.5 Å². The number of rotatable bonds is 8. The summed E-state index contributed by atoms with van der Waals surface area (Å²) >= 11 is 0. The van der Waals surface area contributed by atoms with Gasteiger partial charge in [0.05, 0.1) is 19.1 Å². The number of ether oxygens (including phenoxy) is 4. The number of fused-ring (bicyclic) bond motifs is 1. The molecule has 2 aromatic rings. The molecule has 170 valence electrons. The number of Topliss-reactive ketones (excluding diaryl/α,β-unsaturated/α-hetero) is 1. The predicted octanol–water partition coefficient (Wildman–Crippen LogP) is 3.22. The number of benzene rings is 2. The average Bonchev–Trinajstić information content (AvgIpc) is 3.41. The van der Waals surface area contributed by atoms with E-state index in [1.165, 1.54) is 6.92 Å². The number of nitrogens with zero attached hydrogens (tertiary/aromatic N) is 1. The fraction of sp³-hybridized carbons (Fsp3) is 0.417. The molecule has 0 amide bonds. The van der Waals surface area contributed by atoms with Crippen LogP contribution < -0.4 is 14.2 Å². The zero-order valence-corrected chi connectivity index (χ0v) is 18.3. The lowest BCUT2D eigenvalue weighted by Gasteiger charge is -2.32. The van der Waals surface area contributed by atoms with Crippen molar-refractivity contribution in [2.24, 2.45) is 5.92 Å². The van der Waals surface area contributed by atoms with Crippen LogP contribution in [0.2, 0.25) is 0 Å². The second-order valence-electron chi connectivity index (χ2n) is 7.92. The molecule has 4 rings (SSSR count). The van der Waals surface area contributed by atoms with Crippen LogP contribution in [0.25, 0.3) is 0 Å². The largest absolute Gasteiger partial charge is 0.497 e. The van der Waals surface area contributed by atoms with Gasteiger partial charge in [0.25, 0.3) is 0 Å². The molecule has 1 N–H and O–H groups in total. The van der Waals surface area contributed by atoms with E-state index in [1.54, 1.807) is 25.3 Å². The fourth-order valence-corrected chi connectivity index (χ4v) is 4.69. The van der Waals surface area contributed by atoms with E-state index in [4.69, 9.17) is 18.9 Å². The van der Waals surface area contributed by atoms with Crippen LogP contribution in [-0.4, -0.2) is 55.0 Å². The molecule has 2 heterocycles. The Balaban J connectivity index is 1.79. The van der Waals surface area contributed by atoms with Gasteiger partial charge in [-0.15, -0.1) is 0 Å². The summed E-state index contributed by atoms with van der Waals surface area (Å²) in [6.07, 6.45) is -0.840. The minimum atomic E-state index is -0.935. The highest BCUT2D eigenvalue weighted by Crippen LogP contribution is 2.48. The summed E-state index contributed by atoms with van der Waals surface area (Å²) in [4.78, 5) is 27.0. The van der Waals surface area contributed by atoms with Gasteiger partial charge in [0, 0.05) is 19.1 Å². The molecule has 8 heteroatoms. The van der Waals surface area contributed by atoms with Crippen LogP contribution >= 0.6 is 0 Å². The van der Waals surface area contributed by atoms with Crippen molar-refractivity contribution >= 4 is 11.8 Å². The Labute approximate surface area is 186 Å². The second-order valence-corrected chi connectivity index (χ2v) is 7.92. The third-order valence-corrected chi connectivity index (χ3v) is 6.08. The molecule has 32 heavy (non-hydrogen) atoms. The van der Waals surface area contributed by atoms with Crippen LogP contribution in [0.4, 0.5) is 0 Å². The van der Waals surface area contributed by atoms with E-state index in [0.29, 0.717) is 30.4 Å². The first-order chi connectivity index (χ1) is 15.4. The molecule has 0 radical (unpaired) electrons. The summed E-state index contributed by atoms with van der Waals surface area (Å²) in [5, 5.41) is 10.3. The van der Waals surface area contributed by atoms with E-state index < -0.39 is 24.2 Å². The van der Waals surface area contributed by atoms with E-state index in [1.807, 2.05) is 36.1 Å². The first-order valence-electron chi connectivity index (χ1n) is 10.6. The van der Waals surface area contributed by atoms with Gasteiger partial charge in [-0.05, 0) is 49.2 Å². The predicted molar refractivity (Wildman–Crippen MR) is 115 cm³/mol. The topological polar surface area (TPSA) is 94.5 Å². The lowest BCUT2D eigenvalue weighted by molar-refractivity contribution is -0.149. The van der Waals surface area contributed by atoms with E-state index >= 15 is 0 Å². The molecular formula is C24H27NO7. The number of carbonyl (C=O) groups excluding carboxylic acids is 1. The molecule has 4 unspecified atom stereocenters. The van der Waals surface area contributed by atoms with Crippen LogP contribution in [0.3, 0.4) is 0 Å². The van der Waals surface area contributed by atoms with Crippen LogP contribution in [0.5, 0.6) is 17.2 Å². The Bertz CT molecular complexity index is 990. The maximum absolute atomic E-state index is 12.6. The Hall–Kier alpha value is -3.10. The summed E-state index contributed by atoms with van der Waals surface area (Å²) < 4.78 is 21.9. The van der Waals surface area contributed by atoms with Crippen LogP contribution in [0, 0.1) is 5.92 Å². The quantitative estimate of drug-likeness (QED) is 0.667. The average molecular weight is 441 g/mol. The van der Waals surface area contributed by atoms with Crippen LogP contribution in [-0.2, 0) is 14.3 Å². The monoisotopic (exact) mass is 441 g/mol. The van der Waals surface area contributed by atoms with Crippen molar-refractivity contribution < 1.29 is 33.6 Å². The van der Waals surface area contributed by atoms with Crippen molar-refractivity contribution in [2.75, 3.05) is 27.1 Å². The molecule has 2 aliphatic rings. The molecule has 1 saturated heterocycles. The summed E-state index contributed by atoms with van der Waals surface area (Å²) in [5.41, 5.74) is 1.61. The summed E-state index contributed by atoms with van der Waals surface area (Å²) in [7, 11) is 1.58. The number of carboxylic acid groups (broad SMARTS) is 1. The molecule has 0 aromatic heterocycles. The molecule has 0 bridgehead atoms. The molecule has 1 fully saturated rings. The number of carbonyl (C=O) groups is 2. The summed E-state index contributed by atoms with van der Waals surface area (Å²) in [5.74, 6) is -0.374. The van der Waals surface area contributed by atoms with Crippen molar-refractivity contribution in [1.29, 1.82) is 0 Å². The van der Waals surface area contributed by atoms with Crippen LogP contribution in [0.15, 0.2) is 42.5 Å². The minimum Gasteiger partial charge on any atom is -0.497 e. The van der Waals surface area contributed by atoms with Gasteiger partial charge >= 0.3 is 5.97 Å². The summed E-state index contributed by atoms with van der Waals surface area (Å²) in [6.45, 7) is 4.11. The standard InChI is InChI=1S/C24H27NO7/c1-4-30-23(14(2)26)25-12-18(16-7-10-19-20(11-16)32-13-31-19)21(24(27)28)22(25)15-5-8-17(29-3)9-6-15/h5-11,18,21-23H,4,12-13H2,1-3H3,(H,27,28). The molecule has 2 aliphatic heterocycles. The Morgan fingerprint density at radius 2 is 1.81 bits per heavy atom. The molecule has 2 aromatic carbocycles. The van der Waals surface area contributed by atoms with Gasteiger partial charge in [-0.2, -0.15) is 0 Å². The number of aliphatic carboxylic acids is 1. The zero-order valence-electron chi connectivity index (χ0n) is 18.3. The number of carboxylic acids is 1. The SMILES string of the molecule is CCOC(C(C)=O)N1CC(c2ccc3c(c2)OCO3)C(C(=O)O)C1c1ccc(OC)cc1. The van der Waals surface area contributed by atoms with E-state index in [0.717, 1.165) is 11.1 Å². The first kappa shape index (κ1) is 22.1. The van der Waals surface area contributed by atoms with E-state index in [2.05, 4.69) is 0 Å². The third kappa shape index (κ3) is 4.03. The van der Waals surface area contributed by atoms with Gasteiger partial charge in [-0.1, -0.05) is 18.2 Å². The molecule has 8 nitrogen and oxygen atoms in total. The highest BCUT2D eigenvalue weighted by atomic mass is 16.7. The lowest BCUT2D eigenvalue weighted by atomic mass is 9.82. The molecule has 0 aliphatic carbocycles. The van der Waals surface area contributed by atoms with Crippen LogP contribution in [0.1, 0.15) is 36.9 Å². The van der Waals surface area contributed by atoms with Crippen molar-refractivity contribution in [3.8, 4) is 17.2 Å². The smallest absolute Gasteiger partial charge is 0.309 e. The Morgan fingerprint density at radius 1 is 1.12 bits per heavy atom. The Morgan fingerprint density at radius 3 is 2.44 bits per heavy atom. The first-order valence-corrected chi connectivity index (χ1v) is 10.6. The molecule has 0 saturated carbocycles. The maximum Gasteiger partial charge on any atom is 0.309 e. The van der Waals surface area contributed by atoms with Gasteiger partial charge in [0.15, 0.2) is 23.5 Å². The Kier molecular flexibility index (Phi) is 6.34. The minimum absolute atomic E-state index is 0.142. The number of hydrogen-bond donors (Lipinski definition) is 1. The number of hydrogen-bond acceptors (Lipinski definition) is 7. The number of ketones is 1. The maximum atomic E-state index is 12.6. The highest BCUT2D eigenvalue weighted by molar-refractivity contribution is 5.81. The summed E-state index contributed by atoms with van der Waals surface area (Å²) in [6, 6.07) is 12.2. The molecule has 4 atom stereocenters. The lowest BCUT2D eigenvalue weighted by Crippen LogP contribution is -2.43. The highest BCUT2D eigenvalue weighted by Gasteiger charge is 2.50. The molecule has 0 spiro atoms. The van der Waals surface area contributed by atoms with Crippen molar-refractivity contribution in [3.05, 3.63) is 53.6 Å². The van der Waals surface area contributed by atoms with Crippen molar-refractivity contribution in [2.45, 2.75) is 32.0 Å². The van der Waals surface area contributed by atoms with Gasteiger partial charge in [0.2, 0.25) is 6.79 Å². The number of likely N-dealkylation sites (tertiary alicyclic amines) is 1. The van der Waals surface area contributed by atoms with Gasteiger partial charge in [0.1, 0.15) is 5.75 Å². The van der Waals surface area contributed by atoms with Crippen molar-refractivity contribution in [3.63, 3.8) is 0 Å². The van der Waals surface area contributed by atoms with Gasteiger partial charge in [-0.25, -0.2) is 0 Å². The zero-order chi connectivity index (χ0) is 22.8. The van der Waals surface area contributed by atoms with Gasteiger partial charge in [-0.3, -0.25) is 14.5 Å². The number of methoxy groups -OCH3 is 1. The van der Waals surface area contributed by atoms with E-state index in [9.17, 15) is 14.7 Å².